The van der Waals surface area contributed by atoms with Gasteiger partial charge in [0.05, 0.1) is 23.2 Å². The fraction of sp³-hybridized carbons (Fsp3) is 0.529. The highest BCUT2D eigenvalue weighted by Gasteiger charge is 2.38. The van der Waals surface area contributed by atoms with Crippen molar-refractivity contribution in [2.45, 2.75) is 24.9 Å². The number of benzene rings is 1. The van der Waals surface area contributed by atoms with Gasteiger partial charge in [0.1, 0.15) is 5.82 Å². The van der Waals surface area contributed by atoms with Crippen LogP contribution in [0.15, 0.2) is 24.3 Å². The third-order valence-corrected chi connectivity index (χ3v) is 4.31. The van der Waals surface area contributed by atoms with E-state index in [9.17, 15) is 9.90 Å². The number of nitrogens with zero attached hydrogens (tertiary/aromatic N) is 3. The molecule has 6 nitrogen and oxygen atoms in total. The third kappa shape index (κ3) is 3.71. The summed E-state index contributed by atoms with van der Waals surface area (Å²) < 4.78 is 0. The molecule has 0 radical (unpaired) electrons. The molecule has 1 aliphatic rings. The molecule has 1 aliphatic heterocycles. The van der Waals surface area contributed by atoms with Crippen LogP contribution in [-0.2, 0) is 11.2 Å². The summed E-state index contributed by atoms with van der Waals surface area (Å²) in [7, 11) is 3.87. The third-order valence-electron chi connectivity index (χ3n) is 4.31. The van der Waals surface area contributed by atoms with Crippen LogP contribution in [-0.4, -0.2) is 70.1 Å². The summed E-state index contributed by atoms with van der Waals surface area (Å²) in [5.74, 6) is 0.919. The highest BCUT2D eigenvalue weighted by Crippen LogP contribution is 2.23. The van der Waals surface area contributed by atoms with Crippen LogP contribution in [0.1, 0.15) is 18.7 Å². The predicted octanol–water partition coefficient (Wildman–Crippen LogP) is 1.02. The smallest absolute Gasteiger partial charge is 0.223 e. The first kappa shape index (κ1) is 16.0. The van der Waals surface area contributed by atoms with E-state index in [-0.39, 0.29) is 5.91 Å². The number of amides is 1. The lowest BCUT2D eigenvalue weighted by Gasteiger charge is -2.26. The molecular formula is C17H24N4O2. The molecule has 1 aromatic heterocycles. The number of aliphatic hydroxyl groups is 1. The van der Waals surface area contributed by atoms with E-state index in [4.69, 9.17) is 0 Å². The van der Waals surface area contributed by atoms with Crippen LogP contribution < -0.4 is 0 Å². The number of likely N-dealkylation sites (N-methyl/N-ethyl adjacent to an activating group) is 1. The number of imidazole rings is 1. The number of carbonyl (C=O) groups excluding carboxylic acids is 1. The number of aromatic nitrogens is 2. The Morgan fingerprint density at radius 1 is 1.43 bits per heavy atom. The molecule has 124 valence electrons. The first-order valence-corrected chi connectivity index (χ1v) is 8.04. The fourth-order valence-electron chi connectivity index (χ4n) is 3.29. The van der Waals surface area contributed by atoms with Crippen LogP contribution in [0.5, 0.6) is 0 Å². The Morgan fingerprint density at radius 2 is 2.22 bits per heavy atom. The number of hydrogen-bond acceptors (Lipinski definition) is 4. The number of nitrogens with one attached hydrogen (secondary N) is 1. The Morgan fingerprint density at radius 3 is 2.96 bits per heavy atom. The number of carbonyl (C=O) groups is 1. The largest absolute Gasteiger partial charge is 0.387 e. The number of likely N-dealkylation sites (tertiary alicyclic amines) is 1. The van der Waals surface area contributed by atoms with E-state index in [2.05, 4.69) is 9.97 Å². The average molecular weight is 316 g/mol. The van der Waals surface area contributed by atoms with Gasteiger partial charge in [-0.25, -0.2) is 4.98 Å². The number of H-pyrrole nitrogens is 1. The normalized spacial score (nSPS) is 21.5. The second-order valence-corrected chi connectivity index (χ2v) is 6.73. The van der Waals surface area contributed by atoms with Crippen molar-refractivity contribution < 1.29 is 9.90 Å². The molecular weight excluding hydrogens is 292 g/mol. The van der Waals surface area contributed by atoms with Gasteiger partial charge < -0.3 is 19.9 Å². The fourth-order valence-corrected chi connectivity index (χ4v) is 3.29. The second kappa shape index (κ2) is 6.29. The van der Waals surface area contributed by atoms with Gasteiger partial charge in [-0.05, 0) is 32.6 Å². The van der Waals surface area contributed by atoms with E-state index >= 15 is 0 Å². The zero-order chi connectivity index (χ0) is 16.4. The van der Waals surface area contributed by atoms with E-state index in [0.717, 1.165) is 16.9 Å². The molecule has 2 N–H and O–H groups in total. The summed E-state index contributed by atoms with van der Waals surface area (Å²) >= 11 is 0. The minimum Gasteiger partial charge on any atom is -0.387 e. The number of aryl methyl sites for hydroxylation is 1. The number of fused-ring (bicyclic) bond motifs is 1. The van der Waals surface area contributed by atoms with E-state index in [1.54, 1.807) is 4.90 Å². The highest BCUT2D eigenvalue weighted by molar-refractivity contribution is 5.77. The summed E-state index contributed by atoms with van der Waals surface area (Å²) in [6, 6.07) is 7.85. The standard InChI is InChI=1S/C17H24N4O2/c1-20(2)11-17(23)9-10-21(12-17)16(22)8-7-15-18-13-5-3-4-6-14(13)19-15/h3-6,23H,7-12H2,1-2H3,(H,18,19)/t17-/m0/s1. The lowest BCUT2D eigenvalue weighted by Crippen LogP contribution is -2.43. The molecule has 0 unspecified atom stereocenters. The number of aromatic amines is 1. The summed E-state index contributed by atoms with van der Waals surface area (Å²) in [6.07, 6.45) is 1.65. The van der Waals surface area contributed by atoms with E-state index < -0.39 is 5.60 Å². The van der Waals surface area contributed by atoms with Crippen molar-refractivity contribution in [1.29, 1.82) is 0 Å². The van der Waals surface area contributed by atoms with Crippen molar-refractivity contribution >= 4 is 16.9 Å². The van der Waals surface area contributed by atoms with Gasteiger partial charge in [0, 0.05) is 25.9 Å². The zero-order valence-corrected chi connectivity index (χ0v) is 13.7. The van der Waals surface area contributed by atoms with E-state index in [0.29, 0.717) is 38.9 Å². The van der Waals surface area contributed by atoms with Gasteiger partial charge in [-0.3, -0.25) is 4.79 Å². The van der Waals surface area contributed by atoms with Gasteiger partial charge in [0.2, 0.25) is 5.91 Å². The summed E-state index contributed by atoms with van der Waals surface area (Å²) in [4.78, 5) is 23.8. The van der Waals surface area contributed by atoms with Gasteiger partial charge in [-0.15, -0.1) is 0 Å². The maximum absolute atomic E-state index is 12.4. The predicted molar refractivity (Wildman–Crippen MR) is 89.1 cm³/mol. The topological polar surface area (TPSA) is 72.5 Å². The molecule has 1 atom stereocenters. The average Bonchev–Trinajstić information content (AvgIpc) is 3.07. The summed E-state index contributed by atoms with van der Waals surface area (Å²) in [6.45, 7) is 1.63. The molecule has 2 heterocycles. The molecule has 6 heteroatoms. The van der Waals surface area contributed by atoms with Gasteiger partial charge >= 0.3 is 0 Å². The quantitative estimate of drug-likeness (QED) is 0.864. The Hall–Kier alpha value is -1.92. The number of rotatable bonds is 5. The maximum atomic E-state index is 12.4. The molecule has 0 spiro atoms. The summed E-state index contributed by atoms with van der Waals surface area (Å²) in [5.41, 5.74) is 1.14. The van der Waals surface area contributed by atoms with Crippen molar-refractivity contribution in [2.24, 2.45) is 0 Å². The maximum Gasteiger partial charge on any atom is 0.223 e. The van der Waals surface area contributed by atoms with Gasteiger partial charge in [-0.2, -0.15) is 0 Å². The molecule has 0 saturated carbocycles. The van der Waals surface area contributed by atoms with Crippen LogP contribution >= 0.6 is 0 Å². The molecule has 23 heavy (non-hydrogen) atoms. The zero-order valence-electron chi connectivity index (χ0n) is 13.7. The number of β-amino-alcohol motifs (C(OH)–C–C–N with tert-alkyl or cyclic N) is 1. The lowest BCUT2D eigenvalue weighted by atomic mass is 10.0. The monoisotopic (exact) mass is 316 g/mol. The SMILES string of the molecule is CN(C)C[C@@]1(O)CCN(C(=O)CCc2nc3ccccc3[nH]2)C1. The number of hydrogen-bond donors (Lipinski definition) is 2. The molecule has 2 aromatic rings. The van der Waals surface area contributed by atoms with Gasteiger partial charge in [-0.1, -0.05) is 12.1 Å². The number of para-hydroxylation sites is 2. The van der Waals surface area contributed by atoms with Gasteiger partial charge in [0.15, 0.2) is 0 Å². The van der Waals surface area contributed by atoms with E-state index in [1.807, 2.05) is 43.3 Å². The minimum atomic E-state index is -0.779. The van der Waals surface area contributed by atoms with Crippen LogP contribution in [0.2, 0.25) is 0 Å². The van der Waals surface area contributed by atoms with Crippen LogP contribution in [0.25, 0.3) is 11.0 Å². The summed E-state index contributed by atoms with van der Waals surface area (Å²) in [5, 5.41) is 10.5. The van der Waals surface area contributed by atoms with Crippen LogP contribution in [0.3, 0.4) is 0 Å². The Bertz CT molecular complexity index is 664. The Kier molecular flexibility index (Phi) is 4.37. The van der Waals surface area contributed by atoms with Crippen molar-refractivity contribution in [3.8, 4) is 0 Å². The molecule has 1 aromatic carbocycles. The van der Waals surface area contributed by atoms with Crippen molar-refractivity contribution in [3.63, 3.8) is 0 Å². The van der Waals surface area contributed by atoms with Crippen molar-refractivity contribution in [2.75, 3.05) is 33.7 Å². The first-order chi connectivity index (χ1) is 11.0. The lowest BCUT2D eigenvalue weighted by molar-refractivity contribution is -0.131. The Labute approximate surface area is 136 Å². The Balaban J connectivity index is 1.55. The highest BCUT2D eigenvalue weighted by atomic mass is 16.3. The van der Waals surface area contributed by atoms with Crippen LogP contribution in [0, 0.1) is 0 Å². The van der Waals surface area contributed by atoms with E-state index in [1.165, 1.54) is 0 Å². The molecule has 0 aliphatic carbocycles. The molecule has 0 bridgehead atoms. The van der Waals surface area contributed by atoms with Crippen molar-refractivity contribution in [1.82, 2.24) is 19.8 Å². The van der Waals surface area contributed by atoms with Crippen molar-refractivity contribution in [3.05, 3.63) is 30.1 Å². The second-order valence-electron chi connectivity index (χ2n) is 6.73. The molecule has 1 amide bonds. The van der Waals surface area contributed by atoms with Crippen LogP contribution in [0.4, 0.5) is 0 Å². The molecule has 1 fully saturated rings. The molecule has 3 rings (SSSR count). The molecule has 1 saturated heterocycles. The minimum absolute atomic E-state index is 0.0835. The van der Waals surface area contributed by atoms with Gasteiger partial charge in [0.25, 0.3) is 0 Å². The first-order valence-electron chi connectivity index (χ1n) is 8.04.